The Balaban J connectivity index is 0.000000250. The molecule has 0 aromatic carbocycles. The van der Waals surface area contributed by atoms with E-state index in [2.05, 4.69) is 4.98 Å². The molecule has 0 saturated heterocycles. The molecule has 0 unspecified atom stereocenters. The van der Waals surface area contributed by atoms with E-state index in [-0.39, 0.29) is 21.1 Å². The SMILES string of the molecule is [Pt].c1cscn1. The van der Waals surface area contributed by atoms with E-state index in [0.29, 0.717) is 0 Å². The number of hydrogen-bond donors (Lipinski definition) is 0. The summed E-state index contributed by atoms with van der Waals surface area (Å²) in [5.74, 6) is 0. The van der Waals surface area contributed by atoms with Gasteiger partial charge in [-0.25, -0.2) is 0 Å². The summed E-state index contributed by atoms with van der Waals surface area (Å²) in [5.41, 5.74) is 1.79. The van der Waals surface area contributed by atoms with Crippen molar-refractivity contribution in [1.29, 1.82) is 0 Å². The summed E-state index contributed by atoms with van der Waals surface area (Å²) >= 11 is 1.60. The van der Waals surface area contributed by atoms with E-state index in [1.807, 2.05) is 5.38 Å². The molecule has 0 aliphatic carbocycles. The molecule has 0 amide bonds. The van der Waals surface area contributed by atoms with Gasteiger partial charge in [-0.3, -0.25) is 4.98 Å². The van der Waals surface area contributed by atoms with Crippen LogP contribution in [0.5, 0.6) is 0 Å². The Morgan fingerprint density at radius 1 is 1.50 bits per heavy atom. The van der Waals surface area contributed by atoms with Gasteiger partial charge in [-0.2, -0.15) is 0 Å². The molecule has 0 atom stereocenters. The van der Waals surface area contributed by atoms with Crippen LogP contribution in [0.25, 0.3) is 0 Å². The summed E-state index contributed by atoms with van der Waals surface area (Å²) in [7, 11) is 0. The molecule has 0 N–H and O–H groups in total. The van der Waals surface area contributed by atoms with Gasteiger partial charge in [-0.15, -0.1) is 11.3 Å². The van der Waals surface area contributed by atoms with Crippen LogP contribution in [-0.4, -0.2) is 4.98 Å². The molecular formula is C3H3NPtS. The maximum Gasteiger partial charge on any atom is 0.0791 e. The van der Waals surface area contributed by atoms with Crippen LogP contribution in [0.2, 0.25) is 0 Å². The molecule has 0 radical (unpaired) electrons. The number of thiazole rings is 1. The minimum atomic E-state index is 0. The van der Waals surface area contributed by atoms with E-state index >= 15 is 0 Å². The quantitative estimate of drug-likeness (QED) is 0.694. The first-order valence-corrected chi connectivity index (χ1v) is 2.26. The molecule has 0 fully saturated rings. The Morgan fingerprint density at radius 3 is 2.50 bits per heavy atom. The van der Waals surface area contributed by atoms with Crippen LogP contribution < -0.4 is 0 Å². The van der Waals surface area contributed by atoms with E-state index in [9.17, 15) is 0 Å². The van der Waals surface area contributed by atoms with Gasteiger partial charge in [0.1, 0.15) is 0 Å². The van der Waals surface area contributed by atoms with Crippen molar-refractivity contribution >= 4 is 11.3 Å². The number of nitrogens with zero attached hydrogens (tertiary/aromatic N) is 1. The van der Waals surface area contributed by atoms with Gasteiger partial charge in [0.25, 0.3) is 0 Å². The summed E-state index contributed by atoms with van der Waals surface area (Å²) < 4.78 is 0. The normalized spacial score (nSPS) is 6.67. The van der Waals surface area contributed by atoms with Crippen LogP contribution in [-0.2, 0) is 21.1 Å². The van der Waals surface area contributed by atoms with Gasteiger partial charge in [0.15, 0.2) is 0 Å². The summed E-state index contributed by atoms with van der Waals surface area (Å²) in [6, 6.07) is 0. The fraction of sp³-hybridized carbons (Fsp3) is 0. The smallest absolute Gasteiger partial charge is 0.0791 e. The summed E-state index contributed by atoms with van der Waals surface area (Å²) in [6.07, 6.45) is 1.77. The van der Waals surface area contributed by atoms with Crippen molar-refractivity contribution in [3.63, 3.8) is 0 Å². The average Bonchev–Trinajstić information content (AvgIpc) is 1.76. The molecule has 1 aromatic rings. The van der Waals surface area contributed by atoms with Crippen molar-refractivity contribution in [1.82, 2.24) is 4.98 Å². The summed E-state index contributed by atoms with van der Waals surface area (Å²) in [6.45, 7) is 0. The Bertz CT molecular complexity index is 67.3. The fourth-order valence-corrected chi connectivity index (χ4v) is 0.527. The van der Waals surface area contributed by atoms with Gasteiger partial charge >= 0.3 is 0 Å². The van der Waals surface area contributed by atoms with Gasteiger partial charge in [-0.05, 0) is 0 Å². The molecule has 3 heteroatoms. The molecule has 0 aliphatic heterocycles. The first-order valence-electron chi connectivity index (χ1n) is 1.32. The molecule has 1 nitrogen and oxygen atoms in total. The summed E-state index contributed by atoms with van der Waals surface area (Å²) in [4.78, 5) is 3.74. The van der Waals surface area contributed by atoms with E-state index < -0.39 is 0 Å². The molecule has 1 heterocycles. The minimum Gasteiger partial charge on any atom is -0.253 e. The van der Waals surface area contributed by atoms with Crippen LogP contribution in [0, 0.1) is 0 Å². The molecule has 0 aliphatic rings. The van der Waals surface area contributed by atoms with Crippen LogP contribution in [0.15, 0.2) is 17.1 Å². The van der Waals surface area contributed by atoms with Crippen LogP contribution in [0.1, 0.15) is 0 Å². The monoisotopic (exact) mass is 280 g/mol. The number of rotatable bonds is 0. The zero-order chi connectivity index (χ0) is 3.54. The van der Waals surface area contributed by atoms with Crippen molar-refractivity contribution in [2.24, 2.45) is 0 Å². The largest absolute Gasteiger partial charge is 0.253 e. The molecule has 6 heavy (non-hydrogen) atoms. The van der Waals surface area contributed by atoms with Gasteiger partial charge in [0.2, 0.25) is 0 Å². The Labute approximate surface area is 54.7 Å². The third kappa shape index (κ3) is 1.68. The molecule has 0 spiro atoms. The van der Waals surface area contributed by atoms with Crippen molar-refractivity contribution in [3.05, 3.63) is 17.1 Å². The molecule has 1 rings (SSSR count). The first-order chi connectivity index (χ1) is 2.50. The fourth-order valence-electron chi connectivity index (χ4n) is 0.176. The first kappa shape index (κ1) is 6.32. The minimum absolute atomic E-state index is 0. The van der Waals surface area contributed by atoms with Crippen LogP contribution in [0.3, 0.4) is 0 Å². The molecule has 0 bridgehead atoms. The van der Waals surface area contributed by atoms with Gasteiger partial charge < -0.3 is 0 Å². The standard InChI is InChI=1S/C3H3NS.Pt/c1-2-5-3-4-1;/h1-3H;. The molecule has 1 aromatic heterocycles. The molecule has 0 saturated carbocycles. The Morgan fingerprint density at radius 2 is 2.33 bits per heavy atom. The van der Waals surface area contributed by atoms with E-state index in [1.165, 1.54) is 0 Å². The topological polar surface area (TPSA) is 12.9 Å². The number of hydrogen-bond acceptors (Lipinski definition) is 2. The van der Waals surface area contributed by atoms with Crippen LogP contribution in [0.4, 0.5) is 0 Å². The zero-order valence-electron chi connectivity index (χ0n) is 2.90. The Kier molecular flexibility index (Phi) is 3.69. The predicted octanol–water partition coefficient (Wildman–Crippen LogP) is 1.14. The summed E-state index contributed by atoms with van der Waals surface area (Å²) in [5, 5.41) is 1.93. The predicted molar refractivity (Wildman–Crippen MR) is 22.1 cm³/mol. The van der Waals surface area contributed by atoms with Crippen molar-refractivity contribution in [2.75, 3.05) is 0 Å². The molecular weight excluding hydrogens is 277 g/mol. The van der Waals surface area contributed by atoms with Gasteiger partial charge in [0, 0.05) is 32.6 Å². The third-order valence-corrected chi connectivity index (χ3v) is 0.869. The van der Waals surface area contributed by atoms with Crippen LogP contribution >= 0.6 is 11.3 Å². The van der Waals surface area contributed by atoms with Gasteiger partial charge in [0.05, 0.1) is 5.51 Å². The van der Waals surface area contributed by atoms with E-state index in [1.54, 1.807) is 23.0 Å². The Hall–Kier alpha value is 0.318. The van der Waals surface area contributed by atoms with Crippen molar-refractivity contribution in [2.45, 2.75) is 0 Å². The van der Waals surface area contributed by atoms with Crippen molar-refractivity contribution < 1.29 is 21.1 Å². The average molecular weight is 280 g/mol. The maximum absolute atomic E-state index is 3.74. The number of aromatic nitrogens is 1. The van der Waals surface area contributed by atoms with E-state index in [4.69, 9.17) is 0 Å². The van der Waals surface area contributed by atoms with Crippen molar-refractivity contribution in [3.8, 4) is 0 Å². The second-order valence-corrected chi connectivity index (χ2v) is 1.43. The van der Waals surface area contributed by atoms with E-state index in [0.717, 1.165) is 0 Å². The second kappa shape index (κ2) is 3.51. The molecule has 36 valence electrons. The third-order valence-electron chi connectivity index (χ3n) is 0.347. The maximum atomic E-state index is 3.74. The zero-order valence-corrected chi connectivity index (χ0v) is 5.99. The second-order valence-electron chi connectivity index (χ2n) is 0.676. The van der Waals surface area contributed by atoms with Gasteiger partial charge in [-0.1, -0.05) is 0 Å².